The normalized spacial score (nSPS) is 17.5. The predicted molar refractivity (Wildman–Crippen MR) is 101 cm³/mol. The first-order chi connectivity index (χ1) is 12.7. The van der Waals surface area contributed by atoms with E-state index in [-0.39, 0.29) is 11.9 Å². The van der Waals surface area contributed by atoms with E-state index in [1.165, 1.54) is 12.7 Å². The quantitative estimate of drug-likeness (QED) is 0.774. The number of hydrogen-bond acceptors (Lipinski definition) is 4. The van der Waals surface area contributed by atoms with Crippen molar-refractivity contribution < 1.29 is 9.53 Å². The molecular formula is C22H24N2O2. The number of ether oxygens (including phenoxy) is 1. The Bertz CT molecular complexity index is 775. The zero-order valence-corrected chi connectivity index (χ0v) is 15.1. The minimum atomic E-state index is -0.0820. The lowest BCUT2D eigenvalue weighted by molar-refractivity contribution is -0.147. The molecule has 0 saturated carbocycles. The van der Waals surface area contributed by atoms with Gasteiger partial charge in [-0.25, -0.2) is 0 Å². The van der Waals surface area contributed by atoms with Gasteiger partial charge in [-0.1, -0.05) is 36.4 Å². The van der Waals surface area contributed by atoms with Crippen molar-refractivity contribution in [3.8, 4) is 17.2 Å². The first-order valence-electron chi connectivity index (χ1n) is 9.09. The van der Waals surface area contributed by atoms with Gasteiger partial charge in [0.15, 0.2) is 0 Å². The molecule has 1 heterocycles. The van der Waals surface area contributed by atoms with Gasteiger partial charge in [0, 0.05) is 13.1 Å². The second-order valence-electron chi connectivity index (χ2n) is 6.80. The van der Waals surface area contributed by atoms with Crippen molar-refractivity contribution in [1.82, 2.24) is 4.90 Å². The summed E-state index contributed by atoms with van der Waals surface area (Å²) in [6.07, 6.45) is 2.96. The third-order valence-electron chi connectivity index (χ3n) is 5.06. The van der Waals surface area contributed by atoms with Crippen LogP contribution in [-0.4, -0.2) is 37.6 Å². The minimum Gasteiger partial charge on any atom is -0.469 e. The van der Waals surface area contributed by atoms with E-state index in [9.17, 15) is 4.79 Å². The van der Waals surface area contributed by atoms with E-state index in [0.717, 1.165) is 50.0 Å². The van der Waals surface area contributed by atoms with Crippen molar-refractivity contribution in [3.63, 3.8) is 0 Å². The number of carbonyl (C=O) groups excluding carboxylic acids is 1. The Balaban J connectivity index is 1.56. The van der Waals surface area contributed by atoms with Gasteiger partial charge in [-0.3, -0.25) is 4.79 Å². The summed E-state index contributed by atoms with van der Waals surface area (Å²) < 4.78 is 4.89. The van der Waals surface area contributed by atoms with Crippen LogP contribution >= 0.6 is 0 Å². The summed E-state index contributed by atoms with van der Waals surface area (Å²) in [6.45, 7) is 2.82. The van der Waals surface area contributed by atoms with Crippen LogP contribution in [-0.2, 0) is 16.0 Å². The number of carbonyl (C=O) groups is 1. The highest BCUT2D eigenvalue weighted by Crippen LogP contribution is 2.21. The number of rotatable bonds is 5. The predicted octanol–water partition coefficient (Wildman–Crippen LogP) is 3.65. The maximum absolute atomic E-state index is 11.7. The SMILES string of the molecule is COC(=O)C1CCCN(CCc2ccc(-c3ccc(C#N)cc3)cc2)C1. The third-order valence-corrected chi connectivity index (χ3v) is 5.06. The van der Waals surface area contributed by atoms with Gasteiger partial charge in [0.25, 0.3) is 0 Å². The summed E-state index contributed by atoms with van der Waals surface area (Å²) in [7, 11) is 1.47. The van der Waals surface area contributed by atoms with E-state index in [2.05, 4.69) is 35.2 Å². The van der Waals surface area contributed by atoms with Gasteiger partial charge in [0.2, 0.25) is 0 Å². The van der Waals surface area contributed by atoms with Crippen molar-refractivity contribution in [2.45, 2.75) is 19.3 Å². The van der Waals surface area contributed by atoms with E-state index in [1.54, 1.807) is 0 Å². The van der Waals surface area contributed by atoms with Crippen molar-refractivity contribution >= 4 is 5.97 Å². The Morgan fingerprint density at radius 1 is 1.15 bits per heavy atom. The number of piperidine rings is 1. The smallest absolute Gasteiger partial charge is 0.309 e. The Morgan fingerprint density at radius 3 is 2.42 bits per heavy atom. The van der Waals surface area contributed by atoms with Crippen molar-refractivity contribution in [3.05, 3.63) is 59.7 Å². The van der Waals surface area contributed by atoms with E-state index in [0.29, 0.717) is 5.56 Å². The first kappa shape index (κ1) is 18.2. The van der Waals surface area contributed by atoms with Crippen LogP contribution in [0.25, 0.3) is 11.1 Å². The molecule has 2 aromatic rings. The Kier molecular flexibility index (Phi) is 6.04. The Morgan fingerprint density at radius 2 is 1.81 bits per heavy atom. The molecule has 0 amide bonds. The van der Waals surface area contributed by atoms with Gasteiger partial charge in [-0.05, 0) is 54.6 Å². The van der Waals surface area contributed by atoms with Crippen LogP contribution in [0.3, 0.4) is 0 Å². The molecule has 4 nitrogen and oxygen atoms in total. The van der Waals surface area contributed by atoms with E-state index in [1.807, 2.05) is 24.3 Å². The van der Waals surface area contributed by atoms with Gasteiger partial charge < -0.3 is 9.64 Å². The van der Waals surface area contributed by atoms with Crippen LogP contribution in [0.15, 0.2) is 48.5 Å². The molecule has 26 heavy (non-hydrogen) atoms. The number of hydrogen-bond donors (Lipinski definition) is 0. The van der Waals surface area contributed by atoms with E-state index >= 15 is 0 Å². The average molecular weight is 348 g/mol. The monoisotopic (exact) mass is 348 g/mol. The van der Waals surface area contributed by atoms with Crippen LogP contribution in [0.5, 0.6) is 0 Å². The first-order valence-corrected chi connectivity index (χ1v) is 9.09. The zero-order chi connectivity index (χ0) is 18.4. The summed E-state index contributed by atoms with van der Waals surface area (Å²) in [4.78, 5) is 14.1. The van der Waals surface area contributed by atoms with E-state index in [4.69, 9.17) is 10.00 Å². The lowest BCUT2D eigenvalue weighted by Gasteiger charge is -2.31. The van der Waals surface area contributed by atoms with Crippen molar-refractivity contribution in [2.24, 2.45) is 5.92 Å². The molecule has 1 aliphatic rings. The second-order valence-corrected chi connectivity index (χ2v) is 6.80. The van der Waals surface area contributed by atoms with Gasteiger partial charge in [0.05, 0.1) is 24.7 Å². The molecule has 0 N–H and O–H groups in total. The molecule has 1 unspecified atom stereocenters. The van der Waals surface area contributed by atoms with Crippen LogP contribution < -0.4 is 0 Å². The largest absolute Gasteiger partial charge is 0.469 e. The van der Waals surface area contributed by atoms with Crippen LogP contribution in [0.4, 0.5) is 0 Å². The van der Waals surface area contributed by atoms with Crippen LogP contribution in [0.1, 0.15) is 24.0 Å². The van der Waals surface area contributed by atoms with Gasteiger partial charge in [0.1, 0.15) is 0 Å². The fraction of sp³-hybridized carbons (Fsp3) is 0.364. The van der Waals surface area contributed by atoms with Gasteiger partial charge in [-0.2, -0.15) is 5.26 Å². The highest BCUT2D eigenvalue weighted by molar-refractivity contribution is 5.72. The fourth-order valence-corrected chi connectivity index (χ4v) is 3.51. The maximum Gasteiger partial charge on any atom is 0.309 e. The zero-order valence-electron chi connectivity index (χ0n) is 15.1. The van der Waals surface area contributed by atoms with Gasteiger partial charge in [-0.15, -0.1) is 0 Å². The number of methoxy groups -OCH3 is 1. The minimum absolute atomic E-state index is 0.0208. The highest BCUT2D eigenvalue weighted by Gasteiger charge is 2.25. The van der Waals surface area contributed by atoms with E-state index < -0.39 is 0 Å². The van der Waals surface area contributed by atoms with Gasteiger partial charge >= 0.3 is 5.97 Å². The standard InChI is InChI=1S/C22H24N2O2/c1-26-22(25)21-3-2-13-24(16-21)14-12-17-4-8-19(9-5-17)20-10-6-18(15-23)7-11-20/h4-11,21H,2-3,12-14,16H2,1H3. The molecular weight excluding hydrogens is 324 g/mol. The summed E-state index contributed by atoms with van der Waals surface area (Å²) in [6, 6.07) is 18.4. The fourth-order valence-electron chi connectivity index (χ4n) is 3.51. The summed E-state index contributed by atoms with van der Waals surface area (Å²) >= 11 is 0. The molecule has 4 heteroatoms. The Labute approximate surface area is 155 Å². The number of likely N-dealkylation sites (tertiary alicyclic amines) is 1. The number of benzene rings is 2. The molecule has 1 saturated heterocycles. The van der Waals surface area contributed by atoms with Crippen molar-refractivity contribution in [2.75, 3.05) is 26.7 Å². The summed E-state index contributed by atoms with van der Waals surface area (Å²) in [5.41, 5.74) is 4.24. The Hall–Kier alpha value is -2.64. The third kappa shape index (κ3) is 4.50. The van der Waals surface area contributed by atoms with Crippen molar-refractivity contribution in [1.29, 1.82) is 5.26 Å². The molecule has 2 aromatic carbocycles. The molecule has 0 aliphatic carbocycles. The molecule has 1 atom stereocenters. The summed E-state index contributed by atoms with van der Waals surface area (Å²) in [5.74, 6) is -0.0611. The molecule has 3 rings (SSSR count). The average Bonchev–Trinajstić information content (AvgIpc) is 2.72. The second kappa shape index (κ2) is 8.64. The molecule has 134 valence electrons. The molecule has 0 spiro atoms. The molecule has 0 bridgehead atoms. The molecule has 1 aliphatic heterocycles. The lowest BCUT2D eigenvalue weighted by atomic mass is 9.97. The lowest BCUT2D eigenvalue weighted by Crippen LogP contribution is -2.40. The molecule has 1 fully saturated rings. The number of nitriles is 1. The highest BCUT2D eigenvalue weighted by atomic mass is 16.5. The van der Waals surface area contributed by atoms with Crippen LogP contribution in [0.2, 0.25) is 0 Å². The maximum atomic E-state index is 11.7. The topological polar surface area (TPSA) is 53.3 Å². The van der Waals surface area contributed by atoms with Crippen LogP contribution in [0, 0.1) is 17.2 Å². The number of nitrogens with zero attached hydrogens (tertiary/aromatic N) is 2. The summed E-state index contributed by atoms with van der Waals surface area (Å²) in [5, 5.41) is 8.88. The molecule has 0 aromatic heterocycles. The molecule has 0 radical (unpaired) electrons. The number of esters is 1.